The van der Waals surface area contributed by atoms with Gasteiger partial charge in [-0.25, -0.2) is 0 Å². The Kier molecular flexibility index (Phi) is 3.86. The molecule has 7 heteroatoms. The quantitative estimate of drug-likeness (QED) is 0.921. The van der Waals surface area contributed by atoms with Gasteiger partial charge in [0.25, 0.3) is 0 Å². The molecule has 0 radical (unpaired) electrons. The number of thiophene rings is 1. The van der Waals surface area contributed by atoms with Gasteiger partial charge >= 0.3 is 6.18 Å². The summed E-state index contributed by atoms with van der Waals surface area (Å²) < 4.78 is 39.5. The van der Waals surface area contributed by atoms with Crippen LogP contribution in [0.1, 0.15) is 5.56 Å². The molecule has 0 bridgehead atoms. The summed E-state index contributed by atoms with van der Waals surface area (Å²) in [4.78, 5) is 13.5. The number of carbonyl (C=O) groups excluding carboxylic acids is 1. The summed E-state index contributed by atoms with van der Waals surface area (Å²) in [6, 6.07) is 6.64. The third kappa shape index (κ3) is 2.83. The van der Waals surface area contributed by atoms with Gasteiger partial charge in [0.2, 0.25) is 5.91 Å². The standard InChI is InChI=1S/C15H15F3N2OS/c16-15(17,18)11-6-20(7-12(11)19)14(21)5-9-8-22-13-4-2-1-3-10(9)13/h1-4,8,11-12H,5-7,19H2. The summed E-state index contributed by atoms with van der Waals surface area (Å²) in [7, 11) is 0. The molecule has 0 saturated carbocycles. The van der Waals surface area contributed by atoms with Crippen LogP contribution in [0.25, 0.3) is 10.1 Å². The smallest absolute Gasteiger partial charge is 0.340 e. The Morgan fingerprint density at radius 2 is 2.05 bits per heavy atom. The summed E-state index contributed by atoms with van der Waals surface area (Å²) in [5.41, 5.74) is 6.40. The van der Waals surface area contributed by atoms with Gasteiger partial charge < -0.3 is 10.6 Å². The maximum absolute atomic E-state index is 12.8. The highest BCUT2D eigenvalue weighted by molar-refractivity contribution is 7.17. The molecule has 3 rings (SSSR count). The van der Waals surface area contributed by atoms with Gasteiger partial charge in [-0.2, -0.15) is 13.2 Å². The van der Waals surface area contributed by atoms with Crippen LogP contribution in [0.2, 0.25) is 0 Å². The van der Waals surface area contributed by atoms with Gasteiger partial charge in [-0.15, -0.1) is 11.3 Å². The zero-order valence-corrected chi connectivity index (χ0v) is 12.5. The van der Waals surface area contributed by atoms with E-state index in [4.69, 9.17) is 5.73 Å². The molecule has 2 aromatic rings. The zero-order valence-electron chi connectivity index (χ0n) is 11.6. The number of nitrogens with zero attached hydrogens (tertiary/aromatic N) is 1. The van der Waals surface area contributed by atoms with Crippen LogP contribution >= 0.6 is 11.3 Å². The summed E-state index contributed by atoms with van der Waals surface area (Å²) in [5.74, 6) is -1.93. The van der Waals surface area contributed by atoms with Crippen molar-refractivity contribution in [3.8, 4) is 0 Å². The molecule has 0 spiro atoms. The zero-order chi connectivity index (χ0) is 15.9. The van der Waals surface area contributed by atoms with E-state index in [1.54, 1.807) is 0 Å². The first-order valence-electron chi connectivity index (χ1n) is 6.91. The number of fused-ring (bicyclic) bond motifs is 1. The number of halogens is 3. The average Bonchev–Trinajstić information content (AvgIpc) is 3.03. The lowest BCUT2D eigenvalue weighted by molar-refractivity contribution is -0.173. The predicted molar refractivity (Wildman–Crippen MR) is 79.6 cm³/mol. The van der Waals surface area contributed by atoms with Crippen LogP contribution in [0.4, 0.5) is 13.2 Å². The van der Waals surface area contributed by atoms with Gasteiger partial charge in [0.05, 0.1) is 12.3 Å². The highest BCUT2D eigenvalue weighted by atomic mass is 32.1. The van der Waals surface area contributed by atoms with Gasteiger partial charge in [-0.3, -0.25) is 4.79 Å². The Morgan fingerprint density at radius 1 is 1.32 bits per heavy atom. The van der Waals surface area contributed by atoms with Crippen molar-refractivity contribution in [2.24, 2.45) is 11.7 Å². The van der Waals surface area contributed by atoms with Crippen LogP contribution in [0.15, 0.2) is 29.6 Å². The normalized spacial score (nSPS) is 22.5. The van der Waals surface area contributed by atoms with Crippen LogP contribution in [-0.2, 0) is 11.2 Å². The van der Waals surface area contributed by atoms with Crippen molar-refractivity contribution in [1.29, 1.82) is 0 Å². The van der Waals surface area contributed by atoms with Crippen LogP contribution in [0.5, 0.6) is 0 Å². The van der Waals surface area contributed by atoms with Crippen LogP contribution in [-0.4, -0.2) is 36.1 Å². The largest absolute Gasteiger partial charge is 0.395 e. The van der Waals surface area contributed by atoms with Gasteiger partial charge in [-0.05, 0) is 22.4 Å². The molecule has 1 aliphatic rings. The van der Waals surface area contributed by atoms with Gasteiger partial charge in [0, 0.05) is 23.8 Å². The van der Waals surface area contributed by atoms with E-state index in [-0.39, 0.29) is 25.4 Å². The molecule has 2 N–H and O–H groups in total. The van der Waals surface area contributed by atoms with Crippen LogP contribution in [0, 0.1) is 5.92 Å². The summed E-state index contributed by atoms with van der Waals surface area (Å²) >= 11 is 1.53. The van der Waals surface area contributed by atoms with E-state index in [9.17, 15) is 18.0 Å². The van der Waals surface area contributed by atoms with Crippen molar-refractivity contribution in [3.63, 3.8) is 0 Å². The Hall–Kier alpha value is -1.60. The summed E-state index contributed by atoms with van der Waals surface area (Å²) in [6.07, 6.45) is -4.25. The summed E-state index contributed by atoms with van der Waals surface area (Å²) in [5, 5.41) is 2.87. The van der Waals surface area contributed by atoms with E-state index < -0.39 is 18.1 Å². The molecule has 2 atom stereocenters. The van der Waals surface area contributed by atoms with Gasteiger partial charge in [-0.1, -0.05) is 18.2 Å². The maximum atomic E-state index is 12.8. The highest BCUT2D eigenvalue weighted by Gasteiger charge is 2.49. The number of hydrogen-bond donors (Lipinski definition) is 1. The van der Waals surface area contributed by atoms with E-state index in [1.165, 1.54) is 16.2 Å². The maximum Gasteiger partial charge on any atom is 0.395 e. The molecule has 2 heterocycles. The monoisotopic (exact) mass is 328 g/mol. The Bertz CT molecular complexity index is 697. The molecule has 1 saturated heterocycles. The molecular formula is C15H15F3N2OS. The number of likely N-dealkylation sites (tertiary alicyclic amines) is 1. The predicted octanol–water partition coefficient (Wildman–Crippen LogP) is 2.79. The van der Waals surface area contributed by atoms with Crippen molar-refractivity contribution in [3.05, 3.63) is 35.2 Å². The Morgan fingerprint density at radius 3 is 2.73 bits per heavy atom. The van der Waals surface area contributed by atoms with E-state index in [2.05, 4.69) is 0 Å². The molecular weight excluding hydrogens is 313 g/mol. The van der Waals surface area contributed by atoms with Crippen molar-refractivity contribution < 1.29 is 18.0 Å². The van der Waals surface area contributed by atoms with Crippen LogP contribution in [0.3, 0.4) is 0 Å². The minimum absolute atomic E-state index is 0.0366. The van der Waals surface area contributed by atoms with Crippen molar-refractivity contribution in [2.45, 2.75) is 18.6 Å². The third-order valence-electron chi connectivity index (χ3n) is 4.04. The van der Waals surface area contributed by atoms with E-state index in [1.807, 2.05) is 29.6 Å². The summed E-state index contributed by atoms with van der Waals surface area (Å²) in [6.45, 7) is -0.378. The highest BCUT2D eigenvalue weighted by Crippen LogP contribution is 2.33. The van der Waals surface area contributed by atoms with Crippen molar-refractivity contribution in [1.82, 2.24) is 4.90 Å². The first kappa shape index (κ1) is 15.3. The Labute approximate surface area is 129 Å². The molecule has 1 amide bonds. The second kappa shape index (κ2) is 5.55. The molecule has 118 valence electrons. The van der Waals surface area contributed by atoms with Gasteiger partial charge in [0.1, 0.15) is 0 Å². The lowest BCUT2D eigenvalue weighted by Gasteiger charge is -2.18. The third-order valence-corrected chi connectivity index (χ3v) is 5.05. The second-order valence-corrected chi connectivity index (χ2v) is 6.46. The lowest BCUT2D eigenvalue weighted by Crippen LogP contribution is -2.38. The first-order valence-corrected chi connectivity index (χ1v) is 7.79. The fraction of sp³-hybridized carbons (Fsp3) is 0.400. The SMILES string of the molecule is NC1CN(C(=O)Cc2csc3ccccc23)CC1C(F)(F)F. The number of benzene rings is 1. The molecule has 1 aromatic heterocycles. The molecule has 1 aliphatic heterocycles. The average molecular weight is 328 g/mol. The van der Waals surface area contributed by atoms with Gasteiger partial charge in [0.15, 0.2) is 0 Å². The Balaban J connectivity index is 1.73. The van der Waals surface area contributed by atoms with E-state index in [0.717, 1.165) is 15.6 Å². The second-order valence-electron chi connectivity index (χ2n) is 5.54. The fourth-order valence-electron chi connectivity index (χ4n) is 2.82. The fourth-order valence-corrected chi connectivity index (χ4v) is 3.79. The number of carbonyl (C=O) groups is 1. The molecule has 22 heavy (non-hydrogen) atoms. The van der Waals surface area contributed by atoms with Crippen molar-refractivity contribution >= 4 is 27.3 Å². The number of rotatable bonds is 2. The number of nitrogens with two attached hydrogens (primary N) is 1. The molecule has 3 nitrogen and oxygen atoms in total. The first-order chi connectivity index (χ1) is 10.4. The number of amides is 1. The minimum atomic E-state index is -4.36. The van der Waals surface area contributed by atoms with E-state index >= 15 is 0 Å². The molecule has 1 aromatic carbocycles. The van der Waals surface area contributed by atoms with E-state index in [0.29, 0.717) is 0 Å². The van der Waals surface area contributed by atoms with Crippen molar-refractivity contribution in [2.75, 3.05) is 13.1 Å². The minimum Gasteiger partial charge on any atom is -0.340 e. The number of hydrogen-bond acceptors (Lipinski definition) is 3. The molecule has 1 fully saturated rings. The molecule has 0 aliphatic carbocycles. The topological polar surface area (TPSA) is 46.3 Å². The molecule has 2 unspecified atom stereocenters. The lowest BCUT2D eigenvalue weighted by atomic mass is 10.0. The van der Waals surface area contributed by atoms with Crippen LogP contribution < -0.4 is 5.73 Å². The number of alkyl halides is 3.